The van der Waals surface area contributed by atoms with Crippen molar-refractivity contribution in [2.45, 2.75) is 25.7 Å². The molecule has 32 heavy (non-hydrogen) atoms. The summed E-state index contributed by atoms with van der Waals surface area (Å²) in [6.45, 7) is 2.21. The largest absolute Gasteiger partial charge is 0.442 e. The fourth-order valence-electron chi connectivity index (χ4n) is 3.38. The summed E-state index contributed by atoms with van der Waals surface area (Å²) in [6, 6.07) is 12.0. The van der Waals surface area contributed by atoms with Crippen molar-refractivity contribution in [2.75, 3.05) is 38.3 Å². The molecule has 2 N–H and O–H groups in total. The van der Waals surface area contributed by atoms with Gasteiger partial charge in [0.1, 0.15) is 18.6 Å². The van der Waals surface area contributed by atoms with Gasteiger partial charge in [0.15, 0.2) is 0 Å². The van der Waals surface area contributed by atoms with Crippen molar-refractivity contribution in [1.82, 2.24) is 10.6 Å². The van der Waals surface area contributed by atoms with Crippen molar-refractivity contribution < 1.29 is 27.8 Å². The number of cyclic esters (lactones) is 1. The first-order valence-electron chi connectivity index (χ1n) is 10.3. The lowest BCUT2D eigenvalue weighted by Crippen LogP contribution is -2.33. The Balaban J connectivity index is 1.62. The lowest BCUT2D eigenvalue weighted by atomic mass is 10.0. The molecule has 0 radical (unpaired) electrons. The zero-order chi connectivity index (χ0) is 23.1. The van der Waals surface area contributed by atoms with Crippen LogP contribution in [0.3, 0.4) is 0 Å². The molecule has 0 bridgehead atoms. The molecule has 2 atom stereocenters. The zero-order valence-electron chi connectivity index (χ0n) is 18.1. The Morgan fingerprint density at radius 3 is 2.66 bits per heavy atom. The molecule has 0 spiro atoms. The molecular formula is C23H27F2N3O4. The van der Waals surface area contributed by atoms with E-state index in [0.29, 0.717) is 29.9 Å². The minimum absolute atomic E-state index is 0.208. The lowest BCUT2D eigenvalue weighted by Gasteiger charge is -2.15. The lowest BCUT2D eigenvalue weighted by molar-refractivity contribution is -0.119. The molecule has 1 aliphatic heterocycles. The van der Waals surface area contributed by atoms with Crippen LogP contribution in [-0.2, 0) is 20.8 Å². The number of methoxy groups -OCH3 is 1. The van der Waals surface area contributed by atoms with Crippen molar-refractivity contribution in [3.8, 4) is 11.1 Å². The fourth-order valence-corrected chi connectivity index (χ4v) is 3.38. The van der Waals surface area contributed by atoms with E-state index < -0.39 is 30.8 Å². The number of nitrogens with zero attached hydrogens (tertiary/aromatic N) is 1. The summed E-state index contributed by atoms with van der Waals surface area (Å²) < 4.78 is 37.7. The van der Waals surface area contributed by atoms with E-state index in [0.717, 1.165) is 5.56 Å². The maximum atomic E-state index is 14.8. The highest BCUT2D eigenvalue weighted by Gasteiger charge is 2.32. The second-order valence-electron chi connectivity index (χ2n) is 7.56. The number of rotatable bonds is 10. The summed E-state index contributed by atoms with van der Waals surface area (Å²) in [5.41, 5.74) is 2.48. The molecule has 0 aromatic heterocycles. The second kappa shape index (κ2) is 11.0. The maximum Gasteiger partial charge on any atom is 0.414 e. The standard InChI is InChI=1S/C23H27F2N3O4/c1-15(29)27-13-20-14-28(23(30)32-20)18-7-8-21(22(25)9-18)17-5-3-16(4-6-17)11-26-12-19(10-24)31-2/h3-9,19-20,26H,10-14H2,1-2H3,(H,27,29)/t19?,20-/m0/s1. The number of alkyl halides is 1. The van der Waals surface area contributed by atoms with E-state index >= 15 is 0 Å². The molecule has 2 aromatic rings. The number of carbonyl (C=O) groups is 2. The normalized spacial score (nSPS) is 16.7. The first-order chi connectivity index (χ1) is 15.4. The van der Waals surface area contributed by atoms with Crippen LogP contribution in [0.4, 0.5) is 19.3 Å². The number of nitrogens with one attached hydrogen (secondary N) is 2. The molecule has 7 nitrogen and oxygen atoms in total. The van der Waals surface area contributed by atoms with E-state index in [1.807, 2.05) is 24.3 Å². The Kier molecular flexibility index (Phi) is 8.13. The van der Waals surface area contributed by atoms with Gasteiger partial charge in [0.2, 0.25) is 5.91 Å². The molecule has 1 aliphatic rings. The molecule has 2 aromatic carbocycles. The summed E-state index contributed by atoms with van der Waals surface area (Å²) in [4.78, 5) is 24.5. The monoisotopic (exact) mass is 447 g/mol. The van der Waals surface area contributed by atoms with Crippen LogP contribution < -0.4 is 15.5 Å². The third-order valence-electron chi connectivity index (χ3n) is 5.19. The molecule has 9 heteroatoms. The number of anilines is 1. The van der Waals surface area contributed by atoms with Crippen LogP contribution in [0.5, 0.6) is 0 Å². The molecule has 1 heterocycles. The van der Waals surface area contributed by atoms with Gasteiger partial charge in [-0.1, -0.05) is 24.3 Å². The van der Waals surface area contributed by atoms with Crippen molar-refractivity contribution in [2.24, 2.45) is 0 Å². The van der Waals surface area contributed by atoms with Gasteiger partial charge in [-0.25, -0.2) is 13.6 Å². The van der Waals surface area contributed by atoms with Gasteiger partial charge in [-0.3, -0.25) is 9.69 Å². The number of hydrogen-bond acceptors (Lipinski definition) is 5. The number of amides is 2. The maximum absolute atomic E-state index is 14.8. The molecule has 0 aliphatic carbocycles. The molecule has 1 saturated heterocycles. The van der Waals surface area contributed by atoms with E-state index in [1.54, 1.807) is 12.1 Å². The molecule has 172 valence electrons. The van der Waals surface area contributed by atoms with Crippen LogP contribution in [0.1, 0.15) is 12.5 Å². The molecular weight excluding hydrogens is 420 g/mol. The Hall–Kier alpha value is -3.04. The zero-order valence-corrected chi connectivity index (χ0v) is 18.1. The highest BCUT2D eigenvalue weighted by molar-refractivity contribution is 5.90. The fraction of sp³-hybridized carbons (Fsp3) is 0.391. The SMILES string of the molecule is COC(CF)CNCc1ccc(-c2ccc(N3C[C@H](CNC(C)=O)OC3=O)cc2F)cc1. The molecule has 1 unspecified atom stereocenters. The van der Waals surface area contributed by atoms with Gasteiger partial charge in [0.05, 0.1) is 24.9 Å². The summed E-state index contributed by atoms with van der Waals surface area (Å²) in [6.07, 6.45) is -1.54. The van der Waals surface area contributed by atoms with Crippen LogP contribution in [0, 0.1) is 5.82 Å². The van der Waals surface area contributed by atoms with Crippen molar-refractivity contribution in [3.05, 3.63) is 53.8 Å². The molecule has 3 rings (SSSR count). The summed E-state index contributed by atoms with van der Waals surface area (Å²) >= 11 is 0. The van der Waals surface area contributed by atoms with Gasteiger partial charge >= 0.3 is 6.09 Å². The Bertz CT molecular complexity index is 935. The molecule has 0 saturated carbocycles. The van der Waals surface area contributed by atoms with Gasteiger partial charge in [-0.15, -0.1) is 0 Å². The second-order valence-corrected chi connectivity index (χ2v) is 7.56. The third kappa shape index (κ3) is 6.02. The van der Waals surface area contributed by atoms with Crippen LogP contribution in [0.2, 0.25) is 0 Å². The van der Waals surface area contributed by atoms with Crippen LogP contribution in [-0.4, -0.2) is 57.6 Å². The summed E-state index contributed by atoms with van der Waals surface area (Å²) in [5.74, 6) is -0.673. The first kappa shape index (κ1) is 23.6. The van der Waals surface area contributed by atoms with Crippen LogP contribution >= 0.6 is 0 Å². The molecule has 1 fully saturated rings. The van der Waals surface area contributed by atoms with Gasteiger partial charge < -0.3 is 20.1 Å². The van der Waals surface area contributed by atoms with E-state index in [9.17, 15) is 18.4 Å². The van der Waals surface area contributed by atoms with Crippen molar-refractivity contribution in [3.63, 3.8) is 0 Å². The van der Waals surface area contributed by atoms with Gasteiger partial charge in [-0.2, -0.15) is 0 Å². The quantitative estimate of drug-likeness (QED) is 0.585. The minimum Gasteiger partial charge on any atom is -0.442 e. The predicted octanol–water partition coefficient (Wildman–Crippen LogP) is 3.03. The first-order valence-corrected chi connectivity index (χ1v) is 10.3. The summed E-state index contributed by atoms with van der Waals surface area (Å²) in [5, 5.41) is 5.73. The van der Waals surface area contributed by atoms with Crippen LogP contribution in [0.15, 0.2) is 42.5 Å². The van der Waals surface area contributed by atoms with E-state index in [-0.39, 0.29) is 19.0 Å². The highest BCUT2D eigenvalue weighted by Crippen LogP contribution is 2.29. The number of benzene rings is 2. The highest BCUT2D eigenvalue weighted by atomic mass is 19.1. The number of hydrogen-bond donors (Lipinski definition) is 2. The third-order valence-corrected chi connectivity index (χ3v) is 5.19. The average Bonchev–Trinajstić information content (AvgIpc) is 3.16. The van der Waals surface area contributed by atoms with E-state index in [1.165, 1.54) is 25.0 Å². The number of carbonyl (C=O) groups excluding carboxylic acids is 2. The number of ether oxygens (including phenoxy) is 2. The Morgan fingerprint density at radius 1 is 1.28 bits per heavy atom. The predicted molar refractivity (Wildman–Crippen MR) is 117 cm³/mol. The molecule has 2 amide bonds. The van der Waals surface area contributed by atoms with Crippen molar-refractivity contribution in [1.29, 1.82) is 0 Å². The van der Waals surface area contributed by atoms with Gasteiger partial charge in [0.25, 0.3) is 0 Å². The average molecular weight is 447 g/mol. The number of halogens is 2. The minimum atomic E-state index is -0.576. The van der Waals surface area contributed by atoms with Gasteiger partial charge in [-0.05, 0) is 29.3 Å². The van der Waals surface area contributed by atoms with E-state index in [4.69, 9.17) is 9.47 Å². The van der Waals surface area contributed by atoms with E-state index in [2.05, 4.69) is 10.6 Å². The van der Waals surface area contributed by atoms with Crippen LogP contribution in [0.25, 0.3) is 11.1 Å². The topological polar surface area (TPSA) is 79.9 Å². The Morgan fingerprint density at radius 2 is 2.03 bits per heavy atom. The Labute approximate surface area is 185 Å². The van der Waals surface area contributed by atoms with Crippen molar-refractivity contribution >= 4 is 17.7 Å². The smallest absolute Gasteiger partial charge is 0.414 e. The van der Waals surface area contributed by atoms with Gasteiger partial charge in [0, 0.05) is 32.7 Å². The summed E-state index contributed by atoms with van der Waals surface area (Å²) in [7, 11) is 1.47.